The van der Waals surface area contributed by atoms with Crippen molar-refractivity contribution in [2.24, 2.45) is 0 Å². The minimum absolute atomic E-state index is 0.0355. The Morgan fingerprint density at radius 2 is 2.10 bits per heavy atom. The Morgan fingerprint density at radius 1 is 1.29 bits per heavy atom. The minimum atomic E-state index is -1.03. The zero-order chi connectivity index (χ0) is 14.8. The number of pyridine rings is 1. The Morgan fingerprint density at radius 3 is 2.90 bits per heavy atom. The standard InChI is InChI=1S/C16H16N2O3/c1-10-9-13(11-5-2-3-7-14(11)21-10)18-15-8-4-6-12(17-15)16(19)20/h2-8,10,13H,9H2,1H3,(H,17,18)(H,19,20)/t10-,13-/m1/s1. The maximum absolute atomic E-state index is 11.0. The van der Waals surface area contributed by atoms with E-state index in [0.717, 1.165) is 17.7 Å². The lowest BCUT2D eigenvalue weighted by atomic mass is 9.97. The molecule has 108 valence electrons. The Labute approximate surface area is 122 Å². The summed E-state index contributed by atoms with van der Waals surface area (Å²) < 4.78 is 5.81. The average Bonchev–Trinajstić information content (AvgIpc) is 2.47. The Hall–Kier alpha value is -2.56. The third-order valence-corrected chi connectivity index (χ3v) is 3.48. The summed E-state index contributed by atoms with van der Waals surface area (Å²) in [6.07, 6.45) is 0.899. The fourth-order valence-corrected chi connectivity index (χ4v) is 2.55. The van der Waals surface area contributed by atoms with E-state index < -0.39 is 5.97 Å². The first-order valence-corrected chi connectivity index (χ1v) is 6.86. The smallest absolute Gasteiger partial charge is 0.354 e. The number of fused-ring (bicyclic) bond motifs is 1. The van der Waals surface area contributed by atoms with E-state index in [-0.39, 0.29) is 17.8 Å². The van der Waals surface area contributed by atoms with Gasteiger partial charge in [0.1, 0.15) is 11.6 Å². The van der Waals surface area contributed by atoms with Gasteiger partial charge < -0.3 is 15.2 Å². The average molecular weight is 284 g/mol. The van der Waals surface area contributed by atoms with Gasteiger partial charge in [0.2, 0.25) is 0 Å². The summed E-state index contributed by atoms with van der Waals surface area (Å²) in [6, 6.07) is 12.9. The number of nitrogens with one attached hydrogen (secondary N) is 1. The molecule has 2 aromatic rings. The Balaban J connectivity index is 1.88. The number of hydrogen-bond donors (Lipinski definition) is 2. The van der Waals surface area contributed by atoms with Crippen molar-refractivity contribution >= 4 is 11.8 Å². The van der Waals surface area contributed by atoms with E-state index in [1.54, 1.807) is 12.1 Å². The lowest BCUT2D eigenvalue weighted by Crippen LogP contribution is -2.27. The second-order valence-electron chi connectivity index (χ2n) is 5.11. The highest BCUT2D eigenvalue weighted by Crippen LogP contribution is 2.36. The van der Waals surface area contributed by atoms with Gasteiger partial charge in [-0.2, -0.15) is 0 Å². The molecule has 0 radical (unpaired) electrons. The van der Waals surface area contributed by atoms with E-state index in [4.69, 9.17) is 9.84 Å². The van der Waals surface area contributed by atoms with Crippen molar-refractivity contribution in [3.63, 3.8) is 0 Å². The number of carbonyl (C=O) groups is 1. The third-order valence-electron chi connectivity index (χ3n) is 3.48. The van der Waals surface area contributed by atoms with Crippen LogP contribution in [-0.4, -0.2) is 22.2 Å². The van der Waals surface area contributed by atoms with Gasteiger partial charge in [-0.25, -0.2) is 9.78 Å². The first-order valence-electron chi connectivity index (χ1n) is 6.86. The van der Waals surface area contributed by atoms with Crippen molar-refractivity contribution in [1.82, 2.24) is 4.98 Å². The van der Waals surface area contributed by atoms with E-state index in [2.05, 4.69) is 10.3 Å². The molecular formula is C16H16N2O3. The molecule has 0 spiro atoms. The molecule has 2 heterocycles. The molecule has 1 aromatic heterocycles. The second-order valence-corrected chi connectivity index (χ2v) is 5.11. The molecule has 5 heteroatoms. The Kier molecular flexibility index (Phi) is 3.48. The molecule has 0 saturated heterocycles. The van der Waals surface area contributed by atoms with Gasteiger partial charge in [-0.15, -0.1) is 0 Å². The second kappa shape index (κ2) is 5.44. The molecular weight excluding hydrogens is 268 g/mol. The van der Waals surface area contributed by atoms with Gasteiger partial charge in [-0.3, -0.25) is 0 Å². The number of aromatic carboxylic acids is 1. The van der Waals surface area contributed by atoms with E-state index in [1.165, 1.54) is 6.07 Å². The third kappa shape index (κ3) is 2.81. The number of carboxylic acids is 1. The molecule has 1 aliphatic heterocycles. The summed E-state index contributed by atoms with van der Waals surface area (Å²) in [5, 5.41) is 12.3. The van der Waals surface area contributed by atoms with E-state index >= 15 is 0 Å². The highest BCUT2D eigenvalue weighted by atomic mass is 16.5. The lowest BCUT2D eigenvalue weighted by Gasteiger charge is -2.31. The number of hydrogen-bond acceptors (Lipinski definition) is 4. The van der Waals surface area contributed by atoms with Gasteiger partial charge >= 0.3 is 5.97 Å². The predicted octanol–water partition coefficient (Wildman–Crippen LogP) is 3.10. The van der Waals surface area contributed by atoms with Crippen LogP contribution in [0.25, 0.3) is 0 Å². The largest absolute Gasteiger partial charge is 0.490 e. The molecule has 0 saturated carbocycles. The van der Waals surface area contributed by atoms with Crippen LogP contribution in [0, 0.1) is 0 Å². The van der Waals surface area contributed by atoms with E-state index in [0.29, 0.717) is 5.82 Å². The highest BCUT2D eigenvalue weighted by Gasteiger charge is 2.25. The summed E-state index contributed by atoms with van der Waals surface area (Å²) in [5.41, 5.74) is 1.10. The molecule has 0 fully saturated rings. The van der Waals surface area contributed by atoms with Crippen molar-refractivity contribution in [1.29, 1.82) is 0 Å². The summed E-state index contributed by atoms with van der Waals surface area (Å²) >= 11 is 0. The van der Waals surface area contributed by atoms with Gasteiger partial charge in [-0.05, 0) is 25.1 Å². The van der Waals surface area contributed by atoms with Crippen LogP contribution in [0.2, 0.25) is 0 Å². The van der Waals surface area contributed by atoms with Crippen molar-refractivity contribution in [3.05, 3.63) is 53.7 Å². The van der Waals surface area contributed by atoms with Crippen LogP contribution in [-0.2, 0) is 0 Å². The van der Waals surface area contributed by atoms with E-state index in [9.17, 15) is 4.79 Å². The summed E-state index contributed by atoms with van der Waals surface area (Å²) in [6.45, 7) is 2.02. The number of benzene rings is 1. The van der Waals surface area contributed by atoms with Gasteiger partial charge in [0, 0.05) is 12.0 Å². The number of para-hydroxylation sites is 1. The Bertz CT molecular complexity index is 672. The van der Waals surface area contributed by atoms with Crippen LogP contribution in [0.1, 0.15) is 35.4 Å². The van der Waals surface area contributed by atoms with Crippen molar-refractivity contribution < 1.29 is 14.6 Å². The fraction of sp³-hybridized carbons (Fsp3) is 0.250. The normalized spacial score (nSPS) is 20.2. The number of nitrogens with zero attached hydrogens (tertiary/aromatic N) is 1. The first-order chi connectivity index (χ1) is 10.1. The summed E-state index contributed by atoms with van der Waals surface area (Å²) in [5.74, 6) is 0.395. The van der Waals surface area contributed by atoms with Crippen molar-refractivity contribution in [3.8, 4) is 5.75 Å². The first kappa shape index (κ1) is 13.4. The van der Waals surface area contributed by atoms with Crippen molar-refractivity contribution in [2.75, 3.05) is 5.32 Å². The molecule has 2 N–H and O–H groups in total. The molecule has 1 aromatic carbocycles. The zero-order valence-corrected chi connectivity index (χ0v) is 11.6. The summed E-state index contributed by atoms with van der Waals surface area (Å²) in [4.78, 5) is 15.1. The van der Waals surface area contributed by atoms with E-state index in [1.807, 2.05) is 31.2 Å². The van der Waals surface area contributed by atoms with Crippen molar-refractivity contribution in [2.45, 2.75) is 25.5 Å². The van der Waals surface area contributed by atoms with Crippen LogP contribution < -0.4 is 10.1 Å². The van der Waals surface area contributed by atoms with Gasteiger partial charge in [-0.1, -0.05) is 24.3 Å². The lowest BCUT2D eigenvalue weighted by molar-refractivity contribution is 0.0690. The molecule has 3 rings (SSSR count). The summed E-state index contributed by atoms with van der Waals surface area (Å²) in [7, 11) is 0. The molecule has 0 unspecified atom stereocenters. The molecule has 1 aliphatic rings. The molecule has 2 atom stereocenters. The molecule has 0 bridgehead atoms. The topological polar surface area (TPSA) is 71.5 Å². The highest BCUT2D eigenvalue weighted by molar-refractivity contribution is 5.85. The van der Waals surface area contributed by atoms with Crippen LogP contribution in [0.3, 0.4) is 0 Å². The molecule has 5 nitrogen and oxygen atoms in total. The fourth-order valence-electron chi connectivity index (χ4n) is 2.55. The minimum Gasteiger partial charge on any atom is -0.490 e. The molecule has 0 amide bonds. The number of rotatable bonds is 3. The molecule has 21 heavy (non-hydrogen) atoms. The van der Waals surface area contributed by atoms with Crippen LogP contribution in [0.4, 0.5) is 5.82 Å². The predicted molar refractivity (Wildman–Crippen MR) is 78.7 cm³/mol. The van der Waals surface area contributed by atoms with Crippen LogP contribution in [0.5, 0.6) is 5.75 Å². The van der Waals surface area contributed by atoms with Gasteiger partial charge in [0.05, 0.1) is 12.1 Å². The van der Waals surface area contributed by atoms with Crippen LogP contribution >= 0.6 is 0 Å². The number of carboxylic acid groups (broad SMARTS) is 1. The van der Waals surface area contributed by atoms with Gasteiger partial charge in [0.15, 0.2) is 5.69 Å². The van der Waals surface area contributed by atoms with Gasteiger partial charge in [0.25, 0.3) is 0 Å². The maximum atomic E-state index is 11.0. The quantitative estimate of drug-likeness (QED) is 0.906. The number of anilines is 1. The maximum Gasteiger partial charge on any atom is 0.354 e. The van der Waals surface area contributed by atoms with Crippen LogP contribution in [0.15, 0.2) is 42.5 Å². The molecule has 0 aliphatic carbocycles. The number of aromatic nitrogens is 1. The number of ether oxygens (including phenoxy) is 1. The monoisotopic (exact) mass is 284 g/mol. The SMILES string of the molecule is C[C@@H]1C[C@@H](Nc2cccc(C(=O)O)n2)c2ccccc2O1. The zero-order valence-electron chi connectivity index (χ0n) is 11.6.